The topological polar surface area (TPSA) is 126 Å². The molecule has 0 saturated carbocycles. The molecule has 30 heavy (non-hydrogen) atoms. The molecule has 1 amide bonds. The number of nitrogens with zero attached hydrogens (tertiary/aromatic N) is 3. The van der Waals surface area contributed by atoms with Crippen molar-refractivity contribution < 1.29 is 17.6 Å². The highest BCUT2D eigenvalue weighted by molar-refractivity contribution is 7.99. The number of carbonyl (C=O) groups excluding carboxylic acids is 1. The SMILES string of the molecule is CCS(=O)(=O)c1nsc(NC(=O)/C(C#N)=C\c2ccc(Sc3ccc(C)cc3)o2)n1. The second-order valence-corrected chi connectivity index (χ2v) is 9.98. The molecule has 0 spiro atoms. The maximum atomic E-state index is 12.3. The smallest absolute Gasteiger partial charge is 0.268 e. The van der Waals surface area contributed by atoms with E-state index in [1.807, 2.05) is 31.2 Å². The summed E-state index contributed by atoms with van der Waals surface area (Å²) in [7, 11) is -3.57. The van der Waals surface area contributed by atoms with Crippen LogP contribution in [-0.2, 0) is 14.6 Å². The van der Waals surface area contributed by atoms with Crippen molar-refractivity contribution in [2.75, 3.05) is 11.1 Å². The Kier molecular flexibility index (Phi) is 6.71. The zero-order valence-electron chi connectivity index (χ0n) is 15.9. The second kappa shape index (κ2) is 9.25. The Morgan fingerprint density at radius 3 is 2.70 bits per heavy atom. The molecule has 0 aliphatic heterocycles. The number of hydrogen-bond acceptors (Lipinski definition) is 9. The minimum absolute atomic E-state index is 0.0109. The zero-order chi connectivity index (χ0) is 21.7. The molecule has 8 nitrogen and oxygen atoms in total. The molecule has 0 bridgehead atoms. The maximum Gasteiger partial charge on any atom is 0.268 e. The number of rotatable bonds is 7. The molecule has 3 rings (SSSR count). The number of hydrogen-bond donors (Lipinski definition) is 1. The van der Waals surface area contributed by atoms with Gasteiger partial charge in [-0.25, -0.2) is 8.42 Å². The summed E-state index contributed by atoms with van der Waals surface area (Å²) in [5.41, 5.74) is 0.938. The van der Waals surface area contributed by atoms with E-state index < -0.39 is 15.7 Å². The Hall–Kier alpha value is -2.94. The van der Waals surface area contributed by atoms with Gasteiger partial charge in [0.2, 0.25) is 15.0 Å². The van der Waals surface area contributed by atoms with Crippen molar-refractivity contribution in [3.8, 4) is 6.07 Å². The van der Waals surface area contributed by atoms with E-state index in [-0.39, 0.29) is 21.6 Å². The van der Waals surface area contributed by atoms with E-state index in [9.17, 15) is 18.5 Å². The molecule has 11 heteroatoms. The van der Waals surface area contributed by atoms with E-state index in [1.165, 1.54) is 24.8 Å². The van der Waals surface area contributed by atoms with Crippen molar-refractivity contribution in [1.82, 2.24) is 9.36 Å². The molecule has 1 N–H and O–H groups in total. The fourth-order valence-electron chi connectivity index (χ4n) is 2.16. The van der Waals surface area contributed by atoms with Gasteiger partial charge in [-0.2, -0.15) is 14.6 Å². The van der Waals surface area contributed by atoms with Crippen LogP contribution in [0.2, 0.25) is 0 Å². The van der Waals surface area contributed by atoms with Gasteiger partial charge in [0.15, 0.2) is 5.09 Å². The summed E-state index contributed by atoms with van der Waals surface area (Å²) in [5.74, 6) is -0.553. The van der Waals surface area contributed by atoms with E-state index in [0.717, 1.165) is 22.0 Å². The lowest BCUT2D eigenvalue weighted by Gasteiger charge is -1.99. The quantitative estimate of drug-likeness (QED) is 0.415. The molecule has 0 unspecified atom stereocenters. The summed E-state index contributed by atoms with van der Waals surface area (Å²) >= 11 is 2.14. The number of aromatic nitrogens is 2. The van der Waals surface area contributed by atoms with Crippen LogP contribution in [0.25, 0.3) is 6.08 Å². The number of amides is 1. The van der Waals surface area contributed by atoms with Crippen molar-refractivity contribution in [3.05, 3.63) is 53.3 Å². The molecule has 0 saturated heterocycles. The summed E-state index contributed by atoms with van der Waals surface area (Å²) in [6.07, 6.45) is 1.30. The van der Waals surface area contributed by atoms with Gasteiger partial charge in [-0.15, -0.1) is 0 Å². The lowest BCUT2D eigenvalue weighted by molar-refractivity contribution is -0.112. The highest BCUT2D eigenvalue weighted by Gasteiger charge is 2.20. The van der Waals surface area contributed by atoms with Gasteiger partial charge in [-0.1, -0.05) is 36.4 Å². The average molecular weight is 461 g/mol. The molecular formula is C19H16N4O4S3. The predicted octanol–water partition coefficient (Wildman–Crippen LogP) is 3.93. The maximum absolute atomic E-state index is 12.3. The third kappa shape index (κ3) is 5.35. The molecule has 2 heterocycles. The molecular weight excluding hydrogens is 444 g/mol. The molecule has 154 valence electrons. The van der Waals surface area contributed by atoms with Gasteiger partial charge >= 0.3 is 0 Å². The normalized spacial score (nSPS) is 11.8. The third-order valence-corrected chi connectivity index (χ3v) is 6.95. The van der Waals surface area contributed by atoms with E-state index in [4.69, 9.17) is 4.42 Å². The summed E-state index contributed by atoms with van der Waals surface area (Å²) in [5, 5.41) is 12.0. The monoisotopic (exact) mass is 460 g/mol. The zero-order valence-corrected chi connectivity index (χ0v) is 18.4. The number of aryl methyl sites for hydroxylation is 1. The first-order valence-electron chi connectivity index (χ1n) is 8.64. The number of benzene rings is 1. The summed E-state index contributed by atoms with van der Waals surface area (Å²) in [4.78, 5) is 17.1. The first-order valence-corrected chi connectivity index (χ1v) is 11.9. The third-order valence-electron chi connectivity index (χ3n) is 3.78. The molecule has 0 fully saturated rings. The van der Waals surface area contributed by atoms with E-state index >= 15 is 0 Å². The van der Waals surface area contributed by atoms with Crippen LogP contribution in [0.15, 0.2) is 61.5 Å². The van der Waals surface area contributed by atoms with E-state index in [0.29, 0.717) is 10.9 Å². The van der Waals surface area contributed by atoms with Crippen LogP contribution in [0.4, 0.5) is 5.13 Å². The second-order valence-electron chi connectivity index (χ2n) is 5.98. The van der Waals surface area contributed by atoms with E-state index in [2.05, 4.69) is 14.7 Å². The number of furan rings is 1. The predicted molar refractivity (Wildman–Crippen MR) is 114 cm³/mol. The van der Waals surface area contributed by atoms with Gasteiger partial charge < -0.3 is 4.42 Å². The number of anilines is 1. The highest BCUT2D eigenvalue weighted by atomic mass is 32.2. The molecule has 0 aliphatic rings. The fourth-order valence-corrected chi connectivity index (χ4v) is 4.52. The van der Waals surface area contributed by atoms with Crippen LogP contribution < -0.4 is 5.32 Å². The van der Waals surface area contributed by atoms with Gasteiger partial charge in [0.1, 0.15) is 17.4 Å². The number of nitriles is 1. The lowest BCUT2D eigenvalue weighted by Crippen LogP contribution is -2.13. The first-order chi connectivity index (χ1) is 14.3. The number of nitrogens with one attached hydrogen (secondary N) is 1. The summed E-state index contributed by atoms with van der Waals surface area (Å²) < 4.78 is 32.9. The Morgan fingerprint density at radius 1 is 1.30 bits per heavy atom. The molecule has 0 aliphatic carbocycles. The van der Waals surface area contributed by atoms with Crippen LogP contribution in [-0.4, -0.2) is 29.4 Å². The fraction of sp³-hybridized carbons (Fsp3) is 0.158. The Labute approximate surface area is 181 Å². The van der Waals surface area contributed by atoms with Gasteiger partial charge in [-0.05, 0) is 31.2 Å². The first kappa shape index (κ1) is 21.8. The molecule has 0 atom stereocenters. The summed E-state index contributed by atoms with van der Waals surface area (Å²) in [6.45, 7) is 3.48. The minimum Gasteiger partial charge on any atom is -0.450 e. The largest absolute Gasteiger partial charge is 0.450 e. The Balaban J connectivity index is 1.71. The van der Waals surface area contributed by atoms with Crippen LogP contribution in [0.1, 0.15) is 18.2 Å². The van der Waals surface area contributed by atoms with Crippen molar-refractivity contribution in [2.24, 2.45) is 0 Å². The molecule has 3 aromatic rings. The van der Waals surface area contributed by atoms with Crippen molar-refractivity contribution in [3.63, 3.8) is 0 Å². The number of carbonyl (C=O) groups is 1. The summed E-state index contributed by atoms with van der Waals surface area (Å²) in [6, 6.07) is 13.1. The lowest BCUT2D eigenvalue weighted by atomic mass is 10.2. The molecule has 2 aromatic heterocycles. The van der Waals surface area contributed by atoms with Gasteiger partial charge in [-0.3, -0.25) is 10.1 Å². The molecule has 0 radical (unpaired) electrons. The standard InChI is InChI=1S/C19H16N4O4S3/c1-3-30(25,26)19-22-18(29-23-19)21-17(24)13(11-20)10-14-6-9-16(27-14)28-15-7-4-12(2)5-8-15/h4-10H,3H2,1-2H3,(H,21,22,23,24)/b13-10-. The number of sulfone groups is 1. The molecule has 1 aromatic carbocycles. The Morgan fingerprint density at radius 2 is 2.03 bits per heavy atom. The van der Waals surface area contributed by atoms with Gasteiger partial charge in [0, 0.05) is 22.5 Å². The van der Waals surface area contributed by atoms with Crippen molar-refractivity contribution >= 4 is 50.2 Å². The minimum atomic E-state index is -3.57. The van der Waals surface area contributed by atoms with Crippen LogP contribution >= 0.6 is 23.3 Å². The van der Waals surface area contributed by atoms with Crippen molar-refractivity contribution in [1.29, 1.82) is 5.26 Å². The Bertz CT molecular complexity index is 1240. The van der Waals surface area contributed by atoms with Crippen molar-refractivity contribution in [2.45, 2.75) is 29.0 Å². The highest BCUT2D eigenvalue weighted by Crippen LogP contribution is 2.30. The van der Waals surface area contributed by atoms with Crippen LogP contribution in [0, 0.1) is 18.3 Å². The van der Waals surface area contributed by atoms with Crippen LogP contribution in [0.5, 0.6) is 0 Å². The van der Waals surface area contributed by atoms with Crippen LogP contribution in [0.3, 0.4) is 0 Å². The van der Waals surface area contributed by atoms with Gasteiger partial charge in [0.25, 0.3) is 11.1 Å². The van der Waals surface area contributed by atoms with Gasteiger partial charge in [0.05, 0.1) is 5.75 Å². The average Bonchev–Trinajstić information content (AvgIpc) is 3.37. The van der Waals surface area contributed by atoms with E-state index in [1.54, 1.807) is 18.2 Å².